The predicted octanol–water partition coefficient (Wildman–Crippen LogP) is 2.87. The molecule has 0 atom stereocenters. The minimum Gasteiger partial charge on any atom is -0.371 e. The summed E-state index contributed by atoms with van der Waals surface area (Å²) in [5, 5.41) is 0. The molecular weight excluding hydrogens is 253 g/mol. The highest BCUT2D eigenvalue weighted by molar-refractivity contribution is 5.80. The normalized spacial score (nSPS) is 14.3. The molecule has 0 unspecified atom stereocenters. The van der Waals surface area contributed by atoms with Crippen LogP contribution in [0.3, 0.4) is 0 Å². The molecule has 3 rings (SSSR count). The standard InChI is InChI=1S/C16H18FN3/c1-19-9-10-20(15-8-3-2-7-14(15)19)16-12(11-18)5-4-6-13(16)17/h2-8H,9-11,18H2,1H3. The summed E-state index contributed by atoms with van der Waals surface area (Å²) in [6.45, 7) is 1.94. The number of para-hydroxylation sites is 3. The Kier molecular flexibility index (Phi) is 3.32. The van der Waals surface area contributed by atoms with Gasteiger partial charge in [0.05, 0.1) is 17.1 Å². The van der Waals surface area contributed by atoms with Crippen LogP contribution in [-0.4, -0.2) is 20.1 Å². The summed E-state index contributed by atoms with van der Waals surface area (Å²) >= 11 is 0. The summed E-state index contributed by atoms with van der Waals surface area (Å²) < 4.78 is 14.3. The Hall–Kier alpha value is -2.07. The van der Waals surface area contributed by atoms with Gasteiger partial charge < -0.3 is 15.5 Å². The number of hydrogen-bond acceptors (Lipinski definition) is 3. The van der Waals surface area contributed by atoms with Gasteiger partial charge >= 0.3 is 0 Å². The van der Waals surface area contributed by atoms with Crippen LogP contribution in [0, 0.1) is 5.82 Å². The van der Waals surface area contributed by atoms with E-state index in [4.69, 9.17) is 5.73 Å². The van der Waals surface area contributed by atoms with E-state index in [0.717, 1.165) is 30.0 Å². The lowest BCUT2D eigenvalue weighted by molar-refractivity contribution is 0.620. The zero-order valence-corrected chi connectivity index (χ0v) is 11.5. The molecule has 2 aromatic carbocycles. The topological polar surface area (TPSA) is 32.5 Å². The zero-order chi connectivity index (χ0) is 14.1. The minimum absolute atomic E-state index is 0.215. The van der Waals surface area contributed by atoms with Gasteiger partial charge in [-0.25, -0.2) is 4.39 Å². The van der Waals surface area contributed by atoms with Gasteiger partial charge in [0.1, 0.15) is 5.82 Å². The average Bonchev–Trinajstić information content (AvgIpc) is 2.48. The lowest BCUT2D eigenvalue weighted by Gasteiger charge is -2.37. The smallest absolute Gasteiger partial charge is 0.147 e. The highest BCUT2D eigenvalue weighted by atomic mass is 19.1. The molecule has 20 heavy (non-hydrogen) atoms. The molecule has 0 bridgehead atoms. The van der Waals surface area contributed by atoms with E-state index in [2.05, 4.69) is 18.0 Å². The highest BCUT2D eigenvalue weighted by Crippen LogP contribution is 2.39. The lowest BCUT2D eigenvalue weighted by Crippen LogP contribution is -2.37. The Morgan fingerprint density at radius 2 is 1.80 bits per heavy atom. The van der Waals surface area contributed by atoms with Crippen molar-refractivity contribution in [3.05, 3.63) is 53.8 Å². The number of rotatable bonds is 2. The summed E-state index contributed by atoms with van der Waals surface area (Å²) in [6, 6.07) is 13.2. The molecule has 0 amide bonds. The van der Waals surface area contributed by atoms with Crippen LogP contribution < -0.4 is 15.5 Å². The van der Waals surface area contributed by atoms with Gasteiger partial charge in [-0.05, 0) is 23.8 Å². The molecule has 4 heteroatoms. The molecule has 0 aromatic heterocycles. The number of nitrogens with two attached hydrogens (primary N) is 1. The first-order valence-electron chi connectivity index (χ1n) is 6.77. The summed E-state index contributed by atoms with van der Waals surface area (Å²) in [5.41, 5.74) is 9.36. The Balaban J connectivity index is 2.15. The van der Waals surface area contributed by atoms with Crippen LogP contribution in [0.1, 0.15) is 5.56 Å². The Morgan fingerprint density at radius 3 is 2.55 bits per heavy atom. The largest absolute Gasteiger partial charge is 0.371 e. The average molecular weight is 271 g/mol. The van der Waals surface area contributed by atoms with Gasteiger partial charge in [-0.15, -0.1) is 0 Å². The molecule has 3 nitrogen and oxygen atoms in total. The van der Waals surface area contributed by atoms with E-state index in [9.17, 15) is 4.39 Å². The number of anilines is 3. The van der Waals surface area contributed by atoms with Crippen LogP contribution in [-0.2, 0) is 6.54 Å². The van der Waals surface area contributed by atoms with Crippen molar-refractivity contribution in [3.8, 4) is 0 Å². The lowest BCUT2D eigenvalue weighted by atomic mass is 10.1. The fourth-order valence-corrected chi connectivity index (χ4v) is 2.77. The molecule has 2 aromatic rings. The maximum absolute atomic E-state index is 14.3. The van der Waals surface area contributed by atoms with Crippen molar-refractivity contribution in [2.45, 2.75) is 6.54 Å². The van der Waals surface area contributed by atoms with E-state index < -0.39 is 0 Å². The fraction of sp³-hybridized carbons (Fsp3) is 0.250. The molecule has 0 aliphatic carbocycles. The molecule has 0 radical (unpaired) electrons. The SMILES string of the molecule is CN1CCN(c2c(F)cccc2CN)c2ccccc21. The third-order valence-corrected chi connectivity index (χ3v) is 3.80. The highest BCUT2D eigenvalue weighted by Gasteiger charge is 2.24. The number of benzene rings is 2. The first-order chi connectivity index (χ1) is 9.72. The van der Waals surface area contributed by atoms with Crippen molar-refractivity contribution in [3.63, 3.8) is 0 Å². The van der Waals surface area contributed by atoms with Crippen LogP contribution in [0.4, 0.5) is 21.5 Å². The molecule has 1 aliphatic rings. The third kappa shape index (κ3) is 2.02. The molecule has 0 spiro atoms. The Morgan fingerprint density at radius 1 is 1.05 bits per heavy atom. The first kappa shape index (κ1) is 12.9. The molecule has 0 saturated carbocycles. The molecule has 0 fully saturated rings. The number of likely N-dealkylation sites (N-methyl/N-ethyl adjacent to an activating group) is 1. The van der Waals surface area contributed by atoms with Crippen molar-refractivity contribution in [1.29, 1.82) is 0 Å². The second-order valence-electron chi connectivity index (χ2n) is 5.01. The van der Waals surface area contributed by atoms with Gasteiger partial charge in [-0.3, -0.25) is 0 Å². The summed E-state index contributed by atoms with van der Waals surface area (Å²) in [5.74, 6) is -0.215. The van der Waals surface area contributed by atoms with Crippen LogP contribution in [0.25, 0.3) is 0 Å². The summed E-state index contributed by atoms with van der Waals surface area (Å²) in [7, 11) is 2.06. The van der Waals surface area contributed by atoms with Crippen molar-refractivity contribution >= 4 is 17.1 Å². The Bertz CT molecular complexity index is 627. The molecule has 0 saturated heterocycles. The molecule has 1 heterocycles. The maximum Gasteiger partial charge on any atom is 0.147 e. The number of nitrogens with zero attached hydrogens (tertiary/aromatic N) is 2. The second-order valence-corrected chi connectivity index (χ2v) is 5.01. The maximum atomic E-state index is 14.3. The monoisotopic (exact) mass is 271 g/mol. The van der Waals surface area contributed by atoms with Gasteiger partial charge in [-0.2, -0.15) is 0 Å². The quantitative estimate of drug-likeness (QED) is 0.911. The summed E-state index contributed by atoms with van der Waals surface area (Å²) in [6.07, 6.45) is 0. The number of halogens is 1. The zero-order valence-electron chi connectivity index (χ0n) is 11.5. The van der Waals surface area contributed by atoms with Crippen molar-refractivity contribution in [1.82, 2.24) is 0 Å². The van der Waals surface area contributed by atoms with Crippen LogP contribution in [0.2, 0.25) is 0 Å². The van der Waals surface area contributed by atoms with E-state index in [1.165, 1.54) is 6.07 Å². The first-order valence-corrected chi connectivity index (χ1v) is 6.77. The Labute approximate surface area is 118 Å². The van der Waals surface area contributed by atoms with Crippen molar-refractivity contribution < 1.29 is 4.39 Å². The van der Waals surface area contributed by atoms with E-state index in [1.54, 1.807) is 6.07 Å². The molecule has 104 valence electrons. The van der Waals surface area contributed by atoms with Gasteiger partial charge in [0.2, 0.25) is 0 Å². The van der Waals surface area contributed by atoms with Crippen molar-refractivity contribution in [2.24, 2.45) is 5.73 Å². The number of hydrogen-bond donors (Lipinski definition) is 1. The van der Waals surface area contributed by atoms with Crippen LogP contribution in [0.5, 0.6) is 0 Å². The van der Waals surface area contributed by atoms with Gasteiger partial charge in [0.15, 0.2) is 0 Å². The number of fused-ring (bicyclic) bond motifs is 1. The van der Waals surface area contributed by atoms with E-state index in [-0.39, 0.29) is 5.82 Å². The molecule has 2 N–H and O–H groups in total. The fourth-order valence-electron chi connectivity index (χ4n) is 2.77. The predicted molar refractivity (Wildman–Crippen MR) is 81.0 cm³/mol. The van der Waals surface area contributed by atoms with Gasteiger partial charge in [-0.1, -0.05) is 24.3 Å². The van der Waals surface area contributed by atoms with Gasteiger partial charge in [0, 0.05) is 26.7 Å². The summed E-state index contributed by atoms with van der Waals surface area (Å²) in [4.78, 5) is 4.22. The van der Waals surface area contributed by atoms with Crippen LogP contribution >= 0.6 is 0 Å². The molecule has 1 aliphatic heterocycles. The van der Waals surface area contributed by atoms with Crippen LogP contribution in [0.15, 0.2) is 42.5 Å². The minimum atomic E-state index is -0.215. The third-order valence-electron chi connectivity index (χ3n) is 3.80. The second kappa shape index (κ2) is 5.13. The van der Waals surface area contributed by atoms with Gasteiger partial charge in [0.25, 0.3) is 0 Å². The van der Waals surface area contributed by atoms with E-state index in [1.807, 2.05) is 29.2 Å². The van der Waals surface area contributed by atoms with Crippen molar-refractivity contribution in [2.75, 3.05) is 29.9 Å². The van der Waals surface area contributed by atoms with E-state index >= 15 is 0 Å². The molecular formula is C16H18FN3. The van der Waals surface area contributed by atoms with E-state index in [0.29, 0.717) is 12.2 Å².